The fraction of sp³-hybridized carbons (Fsp3) is 0.500. The van der Waals surface area contributed by atoms with Crippen molar-refractivity contribution in [1.82, 2.24) is 20.6 Å². The van der Waals surface area contributed by atoms with Crippen molar-refractivity contribution in [2.45, 2.75) is 51.6 Å². The van der Waals surface area contributed by atoms with E-state index in [0.717, 1.165) is 36.4 Å². The minimum atomic E-state index is -0.0772. The molecule has 0 saturated heterocycles. The van der Waals surface area contributed by atoms with Crippen LogP contribution in [0.2, 0.25) is 0 Å². The molecule has 0 spiro atoms. The van der Waals surface area contributed by atoms with E-state index >= 15 is 0 Å². The van der Waals surface area contributed by atoms with Crippen molar-refractivity contribution in [2.75, 3.05) is 0 Å². The quantitative estimate of drug-likeness (QED) is 0.763. The molecular formula is C16H20N4O. The van der Waals surface area contributed by atoms with E-state index in [9.17, 15) is 0 Å². The van der Waals surface area contributed by atoms with Crippen LogP contribution in [-0.2, 0) is 12.8 Å². The summed E-state index contributed by atoms with van der Waals surface area (Å²) in [6.07, 6.45) is 6.46. The molecule has 0 bridgehead atoms. The van der Waals surface area contributed by atoms with E-state index in [1.54, 1.807) is 0 Å². The highest BCUT2D eigenvalue weighted by molar-refractivity contribution is 5.38. The van der Waals surface area contributed by atoms with Crippen molar-refractivity contribution in [1.29, 1.82) is 0 Å². The number of fused-ring (bicyclic) bond motifs is 1. The van der Waals surface area contributed by atoms with Gasteiger partial charge in [0.15, 0.2) is 0 Å². The number of hydrogen-bond donors (Lipinski definition) is 0. The third-order valence-corrected chi connectivity index (χ3v) is 3.87. The number of aryl methyl sites for hydroxylation is 1. The SMILES string of the molecule is CCCCCCc1nnnnc1C1Cc2ccccc2O1. The highest BCUT2D eigenvalue weighted by atomic mass is 16.5. The summed E-state index contributed by atoms with van der Waals surface area (Å²) in [6.45, 7) is 2.21. The summed E-state index contributed by atoms with van der Waals surface area (Å²) >= 11 is 0. The predicted molar refractivity (Wildman–Crippen MR) is 79.0 cm³/mol. The Morgan fingerprint density at radius 3 is 2.81 bits per heavy atom. The maximum atomic E-state index is 5.99. The molecule has 1 aromatic heterocycles. The van der Waals surface area contributed by atoms with Gasteiger partial charge in [-0.1, -0.05) is 44.4 Å². The first-order chi connectivity index (χ1) is 10.4. The lowest BCUT2D eigenvalue weighted by Crippen LogP contribution is -2.14. The molecule has 0 fully saturated rings. The Kier molecular flexibility index (Phi) is 4.38. The van der Waals surface area contributed by atoms with E-state index < -0.39 is 0 Å². The van der Waals surface area contributed by atoms with E-state index in [4.69, 9.17) is 4.74 Å². The Hall–Kier alpha value is -2.04. The minimum Gasteiger partial charge on any atom is -0.483 e. The molecule has 0 N–H and O–H groups in total. The van der Waals surface area contributed by atoms with Gasteiger partial charge in [-0.15, -0.1) is 10.2 Å². The summed E-state index contributed by atoms with van der Waals surface area (Å²) in [5.41, 5.74) is 3.00. The molecule has 1 aliphatic heterocycles. The number of para-hydroxylation sites is 1. The zero-order valence-corrected chi connectivity index (χ0v) is 12.3. The predicted octanol–water partition coefficient (Wildman–Crippen LogP) is 3.07. The molecule has 1 unspecified atom stereocenters. The van der Waals surface area contributed by atoms with E-state index in [-0.39, 0.29) is 6.10 Å². The van der Waals surface area contributed by atoms with Crippen LogP contribution in [0.5, 0.6) is 5.75 Å². The molecule has 5 nitrogen and oxygen atoms in total. The topological polar surface area (TPSA) is 60.8 Å². The number of ether oxygens (including phenoxy) is 1. The Bertz CT molecular complexity index is 577. The molecule has 0 radical (unpaired) electrons. The Morgan fingerprint density at radius 1 is 1.10 bits per heavy atom. The average molecular weight is 284 g/mol. The summed E-state index contributed by atoms with van der Waals surface area (Å²) in [5, 5.41) is 15.8. The Morgan fingerprint density at radius 2 is 1.95 bits per heavy atom. The van der Waals surface area contributed by atoms with E-state index in [1.807, 2.05) is 18.2 Å². The van der Waals surface area contributed by atoms with Crippen molar-refractivity contribution >= 4 is 0 Å². The number of benzene rings is 1. The van der Waals surface area contributed by atoms with Gasteiger partial charge in [0.1, 0.15) is 17.5 Å². The summed E-state index contributed by atoms with van der Waals surface area (Å²) in [4.78, 5) is 0. The van der Waals surface area contributed by atoms with Gasteiger partial charge >= 0.3 is 0 Å². The third kappa shape index (κ3) is 3.17. The van der Waals surface area contributed by atoms with Crippen molar-refractivity contribution < 1.29 is 4.74 Å². The standard InChI is InChI=1S/C16H20N4O/c1-2-3-4-5-9-13-16(18-20-19-17-13)15-11-12-8-6-7-10-14(12)21-15/h6-8,10,15H,2-5,9,11H2,1H3. The van der Waals surface area contributed by atoms with Gasteiger partial charge in [-0.05, 0) is 34.9 Å². The molecule has 3 rings (SSSR count). The molecule has 1 atom stereocenters. The van der Waals surface area contributed by atoms with Crippen LogP contribution < -0.4 is 4.74 Å². The van der Waals surface area contributed by atoms with Crippen LogP contribution in [0.25, 0.3) is 0 Å². The number of rotatable bonds is 6. The summed E-state index contributed by atoms with van der Waals surface area (Å²) in [5.74, 6) is 0.943. The monoisotopic (exact) mass is 284 g/mol. The number of hydrogen-bond acceptors (Lipinski definition) is 5. The zero-order chi connectivity index (χ0) is 14.5. The maximum Gasteiger partial charge on any atom is 0.149 e. The molecule has 1 aliphatic rings. The molecule has 2 heterocycles. The van der Waals surface area contributed by atoms with Gasteiger partial charge in [0.05, 0.1) is 5.69 Å². The van der Waals surface area contributed by atoms with Crippen molar-refractivity contribution in [2.24, 2.45) is 0 Å². The van der Waals surface area contributed by atoms with Crippen molar-refractivity contribution in [3.05, 3.63) is 41.2 Å². The fourth-order valence-corrected chi connectivity index (χ4v) is 2.73. The highest BCUT2D eigenvalue weighted by Gasteiger charge is 2.28. The summed E-state index contributed by atoms with van der Waals surface area (Å²) < 4.78 is 5.99. The number of unbranched alkanes of at least 4 members (excludes halogenated alkanes) is 3. The second kappa shape index (κ2) is 6.61. The molecule has 1 aromatic carbocycles. The van der Waals surface area contributed by atoms with Gasteiger partial charge in [0, 0.05) is 6.42 Å². The first-order valence-electron chi connectivity index (χ1n) is 7.68. The van der Waals surface area contributed by atoms with Crippen LogP contribution in [0, 0.1) is 0 Å². The number of nitrogens with zero attached hydrogens (tertiary/aromatic N) is 4. The normalized spacial score (nSPS) is 16.5. The molecule has 5 heteroatoms. The van der Waals surface area contributed by atoms with Crippen molar-refractivity contribution in [3.8, 4) is 5.75 Å². The van der Waals surface area contributed by atoms with Gasteiger partial charge < -0.3 is 4.74 Å². The van der Waals surface area contributed by atoms with Gasteiger partial charge in [0.25, 0.3) is 0 Å². The lowest BCUT2D eigenvalue weighted by molar-refractivity contribution is 0.228. The van der Waals surface area contributed by atoms with Gasteiger partial charge in [-0.3, -0.25) is 0 Å². The van der Waals surface area contributed by atoms with Crippen LogP contribution in [-0.4, -0.2) is 20.6 Å². The van der Waals surface area contributed by atoms with Crippen LogP contribution >= 0.6 is 0 Å². The lowest BCUT2D eigenvalue weighted by atomic mass is 10.0. The largest absolute Gasteiger partial charge is 0.483 e. The second-order valence-electron chi connectivity index (χ2n) is 5.44. The molecule has 2 aromatic rings. The molecule has 0 aliphatic carbocycles. The molecule has 110 valence electrons. The van der Waals surface area contributed by atoms with E-state index in [2.05, 4.69) is 33.6 Å². The smallest absolute Gasteiger partial charge is 0.149 e. The van der Waals surface area contributed by atoms with Crippen LogP contribution in [0.4, 0.5) is 0 Å². The first-order valence-corrected chi connectivity index (χ1v) is 7.68. The fourth-order valence-electron chi connectivity index (χ4n) is 2.73. The number of aromatic nitrogens is 4. The molecule has 0 amide bonds. The lowest BCUT2D eigenvalue weighted by Gasteiger charge is -2.12. The Balaban J connectivity index is 1.71. The average Bonchev–Trinajstić information content (AvgIpc) is 2.96. The van der Waals surface area contributed by atoms with Crippen LogP contribution in [0.1, 0.15) is 55.7 Å². The first kappa shape index (κ1) is 13.9. The summed E-state index contributed by atoms with van der Waals surface area (Å²) in [7, 11) is 0. The van der Waals surface area contributed by atoms with Crippen LogP contribution in [0.15, 0.2) is 24.3 Å². The van der Waals surface area contributed by atoms with Crippen LogP contribution in [0.3, 0.4) is 0 Å². The van der Waals surface area contributed by atoms with Crippen molar-refractivity contribution in [3.63, 3.8) is 0 Å². The second-order valence-corrected chi connectivity index (χ2v) is 5.44. The molecule has 21 heavy (non-hydrogen) atoms. The maximum absolute atomic E-state index is 5.99. The van der Waals surface area contributed by atoms with Gasteiger partial charge in [0.2, 0.25) is 0 Å². The van der Waals surface area contributed by atoms with E-state index in [1.165, 1.54) is 24.8 Å². The van der Waals surface area contributed by atoms with E-state index in [0.29, 0.717) is 0 Å². The molecule has 0 saturated carbocycles. The Labute approximate surface area is 124 Å². The zero-order valence-electron chi connectivity index (χ0n) is 12.3. The molecular weight excluding hydrogens is 264 g/mol. The van der Waals surface area contributed by atoms with Gasteiger partial charge in [-0.25, -0.2) is 0 Å². The minimum absolute atomic E-state index is 0.0772. The summed E-state index contributed by atoms with van der Waals surface area (Å²) in [6, 6.07) is 8.12. The van der Waals surface area contributed by atoms with Gasteiger partial charge in [-0.2, -0.15) is 0 Å². The highest BCUT2D eigenvalue weighted by Crippen LogP contribution is 2.36. The third-order valence-electron chi connectivity index (χ3n) is 3.87.